The van der Waals surface area contributed by atoms with Crippen molar-refractivity contribution in [3.8, 4) is 0 Å². The summed E-state index contributed by atoms with van der Waals surface area (Å²) in [6, 6.07) is 6.97. The molecule has 1 aromatic heterocycles. The fourth-order valence-corrected chi connectivity index (χ4v) is 6.31. The highest BCUT2D eigenvalue weighted by atomic mass is 19.1. The molecule has 0 radical (unpaired) electrons. The molecule has 2 amide bonds. The number of carbonyl (C=O) groups excluding carboxylic acids is 3. The zero-order valence-electron chi connectivity index (χ0n) is 21.9. The van der Waals surface area contributed by atoms with E-state index in [9.17, 15) is 14.4 Å². The van der Waals surface area contributed by atoms with E-state index in [1.165, 1.54) is 12.3 Å². The normalized spacial score (nSPS) is 23.7. The third-order valence-corrected chi connectivity index (χ3v) is 8.55. The van der Waals surface area contributed by atoms with Crippen molar-refractivity contribution >= 4 is 23.5 Å². The number of hydrogen-bond donors (Lipinski definition) is 0. The van der Waals surface area contributed by atoms with Gasteiger partial charge in [0.25, 0.3) is 0 Å². The van der Waals surface area contributed by atoms with Gasteiger partial charge < -0.3 is 19.4 Å². The lowest BCUT2D eigenvalue weighted by Crippen LogP contribution is -2.49. The van der Waals surface area contributed by atoms with E-state index in [1.54, 1.807) is 23.2 Å². The standard InChI is InChI=1S/C29H33FN4O4/c1-19(2)15-25(35)33-13-11-32(12-14-33)20-3-4-23(24(30)16-20)28(6-7-28)27(37)34-10-8-29(18-34)22-5-9-31-17-21(22)26(36)38-29/h3-5,9,16-17,19H,6-8,10-15,18H2,1-2H3. The van der Waals surface area contributed by atoms with Crippen molar-refractivity contribution in [2.75, 3.05) is 44.2 Å². The number of rotatable bonds is 5. The molecule has 1 aromatic carbocycles. The van der Waals surface area contributed by atoms with Gasteiger partial charge >= 0.3 is 5.97 Å². The van der Waals surface area contributed by atoms with E-state index >= 15 is 4.39 Å². The Labute approximate surface area is 221 Å². The summed E-state index contributed by atoms with van der Waals surface area (Å²) >= 11 is 0. The summed E-state index contributed by atoms with van der Waals surface area (Å²) in [5, 5.41) is 0. The minimum absolute atomic E-state index is 0.100. The average Bonchev–Trinajstić information content (AvgIpc) is 3.53. The molecule has 1 aliphatic carbocycles. The second-order valence-electron chi connectivity index (χ2n) is 11.5. The van der Waals surface area contributed by atoms with Crippen LogP contribution in [-0.2, 0) is 25.3 Å². The number of aromatic nitrogens is 1. The van der Waals surface area contributed by atoms with Crippen LogP contribution in [0.1, 0.15) is 61.0 Å². The molecular weight excluding hydrogens is 487 g/mol. The van der Waals surface area contributed by atoms with Crippen molar-refractivity contribution in [2.45, 2.75) is 50.5 Å². The third kappa shape index (κ3) is 4.03. The van der Waals surface area contributed by atoms with Gasteiger partial charge in [-0.3, -0.25) is 14.6 Å². The van der Waals surface area contributed by atoms with Crippen molar-refractivity contribution in [3.05, 3.63) is 59.2 Å². The van der Waals surface area contributed by atoms with Gasteiger partial charge in [0, 0.05) is 74.8 Å². The predicted molar refractivity (Wildman–Crippen MR) is 138 cm³/mol. The Morgan fingerprint density at radius 3 is 2.47 bits per heavy atom. The van der Waals surface area contributed by atoms with E-state index < -0.39 is 17.0 Å². The average molecular weight is 521 g/mol. The van der Waals surface area contributed by atoms with Crippen LogP contribution >= 0.6 is 0 Å². The smallest absolute Gasteiger partial charge is 0.341 e. The van der Waals surface area contributed by atoms with E-state index in [-0.39, 0.29) is 24.2 Å². The molecule has 3 fully saturated rings. The van der Waals surface area contributed by atoms with Gasteiger partial charge in [0.1, 0.15) is 5.82 Å². The minimum Gasteiger partial charge on any atom is -0.449 e. The van der Waals surface area contributed by atoms with Gasteiger partial charge in [0.05, 0.1) is 17.5 Å². The number of amides is 2. The molecule has 38 heavy (non-hydrogen) atoms. The zero-order chi connectivity index (χ0) is 26.7. The summed E-state index contributed by atoms with van der Waals surface area (Å²) in [6.07, 6.45) is 5.41. The quantitative estimate of drug-likeness (QED) is 0.563. The molecule has 2 saturated heterocycles. The van der Waals surface area contributed by atoms with E-state index in [2.05, 4.69) is 9.88 Å². The molecule has 3 aliphatic heterocycles. The molecule has 1 atom stereocenters. The monoisotopic (exact) mass is 520 g/mol. The zero-order valence-corrected chi connectivity index (χ0v) is 21.9. The van der Waals surface area contributed by atoms with E-state index in [0.29, 0.717) is 75.5 Å². The molecule has 1 unspecified atom stereocenters. The number of likely N-dealkylation sites (tertiary alicyclic amines) is 1. The lowest BCUT2D eigenvalue weighted by atomic mass is 9.92. The summed E-state index contributed by atoms with van der Waals surface area (Å²) in [5.41, 5.74) is 0.732. The summed E-state index contributed by atoms with van der Waals surface area (Å²) < 4.78 is 21.3. The Bertz CT molecular complexity index is 1300. The highest BCUT2D eigenvalue weighted by Crippen LogP contribution is 2.53. The summed E-state index contributed by atoms with van der Waals surface area (Å²) in [6.45, 7) is 7.35. The third-order valence-electron chi connectivity index (χ3n) is 8.55. The number of hydrogen-bond acceptors (Lipinski definition) is 6. The van der Waals surface area contributed by atoms with E-state index in [4.69, 9.17) is 4.74 Å². The fraction of sp³-hybridized carbons (Fsp3) is 0.517. The van der Waals surface area contributed by atoms with Crippen LogP contribution in [0.4, 0.5) is 10.1 Å². The lowest BCUT2D eigenvalue weighted by Gasteiger charge is -2.36. The first kappa shape index (κ1) is 24.8. The number of halogens is 1. The first-order chi connectivity index (χ1) is 18.2. The van der Waals surface area contributed by atoms with Gasteiger partial charge in [-0.1, -0.05) is 19.9 Å². The number of fused-ring (bicyclic) bond motifs is 2. The first-order valence-corrected chi connectivity index (χ1v) is 13.5. The Morgan fingerprint density at radius 2 is 1.79 bits per heavy atom. The predicted octanol–water partition coefficient (Wildman–Crippen LogP) is 3.25. The van der Waals surface area contributed by atoms with Crippen LogP contribution in [0.5, 0.6) is 0 Å². The second-order valence-corrected chi connectivity index (χ2v) is 11.5. The number of pyridine rings is 1. The molecule has 1 spiro atoms. The molecule has 0 bridgehead atoms. The molecule has 200 valence electrons. The molecule has 9 heteroatoms. The Balaban J connectivity index is 1.14. The summed E-state index contributed by atoms with van der Waals surface area (Å²) in [4.78, 5) is 48.3. The van der Waals surface area contributed by atoms with Crippen LogP contribution < -0.4 is 4.90 Å². The number of esters is 1. The lowest BCUT2D eigenvalue weighted by molar-refractivity contribution is -0.134. The molecule has 0 N–H and O–H groups in total. The van der Waals surface area contributed by atoms with Gasteiger partial charge in [-0.2, -0.15) is 0 Å². The summed E-state index contributed by atoms with van der Waals surface area (Å²) in [5.74, 6) is -0.380. The minimum atomic E-state index is -0.861. The highest BCUT2D eigenvalue weighted by Gasteiger charge is 2.58. The maximum Gasteiger partial charge on any atom is 0.341 e. The maximum atomic E-state index is 15.5. The van der Waals surface area contributed by atoms with Crippen molar-refractivity contribution in [1.29, 1.82) is 0 Å². The van der Waals surface area contributed by atoms with Crippen LogP contribution in [0.15, 0.2) is 36.7 Å². The van der Waals surface area contributed by atoms with Crippen molar-refractivity contribution in [1.82, 2.24) is 14.8 Å². The van der Waals surface area contributed by atoms with Crippen LogP contribution in [-0.4, -0.2) is 71.8 Å². The number of anilines is 1. The van der Waals surface area contributed by atoms with Crippen LogP contribution in [0.25, 0.3) is 0 Å². The molecule has 6 rings (SSSR count). The SMILES string of the molecule is CC(C)CC(=O)N1CCN(c2ccc(C3(C(=O)N4CCC5(C4)OC(=O)c4cnccc45)CC3)c(F)c2)CC1. The van der Waals surface area contributed by atoms with Gasteiger partial charge in [-0.05, 0) is 37.0 Å². The molecule has 4 aliphatic rings. The maximum absolute atomic E-state index is 15.5. The highest BCUT2D eigenvalue weighted by molar-refractivity contribution is 5.95. The largest absolute Gasteiger partial charge is 0.449 e. The summed E-state index contributed by atoms with van der Waals surface area (Å²) in [7, 11) is 0. The molecule has 2 aromatic rings. The van der Waals surface area contributed by atoms with Crippen molar-refractivity contribution in [3.63, 3.8) is 0 Å². The van der Waals surface area contributed by atoms with E-state index in [1.807, 2.05) is 24.8 Å². The Morgan fingerprint density at radius 1 is 1.03 bits per heavy atom. The molecular formula is C29H33FN4O4. The van der Waals surface area contributed by atoms with Crippen LogP contribution in [0, 0.1) is 11.7 Å². The van der Waals surface area contributed by atoms with Crippen molar-refractivity contribution < 1.29 is 23.5 Å². The van der Waals surface area contributed by atoms with Gasteiger partial charge in [-0.25, -0.2) is 9.18 Å². The number of benzene rings is 1. The number of piperazine rings is 1. The van der Waals surface area contributed by atoms with Gasteiger partial charge in [0.15, 0.2) is 5.60 Å². The molecule has 4 heterocycles. The van der Waals surface area contributed by atoms with Gasteiger partial charge in [0.2, 0.25) is 11.8 Å². The Hall–Kier alpha value is -3.49. The van der Waals surface area contributed by atoms with E-state index in [0.717, 1.165) is 11.3 Å². The second kappa shape index (κ2) is 9.06. The first-order valence-electron chi connectivity index (χ1n) is 13.5. The van der Waals surface area contributed by atoms with Crippen LogP contribution in [0.2, 0.25) is 0 Å². The Kier molecular flexibility index (Phi) is 5.92. The molecule has 1 saturated carbocycles. The van der Waals surface area contributed by atoms with Gasteiger partial charge in [-0.15, -0.1) is 0 Å². The fourth-order valence-electron chi connectivity index (χ4n) is 6.31. The van der Waals surface area contributed by atoms with Crippen LogP contribution in [0.3, 0.4) is 0 Å². The topological polar surface area (TPSA) is 83.0 Å². The molecule has 8 nitrogen and oxygen atoms in total. The number of carbonyl (C=O) groups is 3. The van der Waals surface area contributed by atoms with Crippen molar-refractivity contribution in [2.24, 2.45) is 5.92 Å². The number of ether oxygens (including phenoxy) is 1. The number of nitrogens with zero attached hydrogens (tertiary/aromatic N) is 4.